The summed E-state index contributed by atoms with van der Waals surface area (Å²) >= 11 is 0. The fourth-order valence-corrected chi connectivity index (χ4v) is 1.42. The van der Waals surface area contributed by atoms with E-state index in [0.29, 0.717) is 5.56 Å². The Morgan fingerprint density at radius 2 is 1.88 bits per heavy atom. The Balaban J connectivity index is 3.07. The lowest BCUT2D eigenvalue weighted by molar-refractivity contribution is -0.153. The van der Waals surface area contributed by atoms with Gasteiger partial charge in [-0.05, 0) is 12.5 Å². The third kappa shape index (κ3) is 2.46. The van der Waals surface area contributed by atoms with Gasteiger partial charge in [-0.2, -0.15) is 0 Å². The SMILES string of the molecule is COC(=O)CC(O)(C(C)=O)c1ccccc1. The first kappa shape index (κ1) is 12.4. The molecule has 0 bridgehead atoms. The van der Waals surface area contributed by atoms with Gasteiger partial charge in [0.25, 0.3) is 0 Å². The van der Waals surface area contributed by atoms with Crippen LogP contribution in [0.3, 0.4) is 0 Å². The summed E-state index contributed by atoms with van der Waals surface area (Å²) in [5, 5.41) is 10.2. The molecule has 0 aliphatic carbocycles. The average Bonchev–Trinajstić information content (AvgIpc) is 2.29. The summed E-state index contributed by atoms with van der Waals surface area (Å²) in [5.41, 5.74) is -1.40. The van der Waals surface area contributed by atoms with Crippen LogP contribution in [0.4, 0.5) is 0 Å². The van der Waals surface area contributed by atoms with Crippen molar-refractivity contribution in [1.82, 2.24) is 0 Å². The molecule has 1 aromatic rings. The van der Waals surface area contributed by atoms with Crippen LogP contribution in [-0.4, -0.2) is 24.0 Å². The number of hydrogen-bond donors (Lipinski definition) is 1. The Hall–Kier alpha value is -1.68. The maximum atomic E-state index is 11.5. The summed E-state index contributed by atoms with van der Waals surface area (Å²) in [6.45, 7) is 1.25. The largest absolute Gasteiger partial charge is 0.469 e. The predicted octanol–water partition coefficient (Wildman–Crippen LogP) is 1.03. The van der Waals surface area contributed by atoms with Gasteiger partial charge in [0.2, 0.25) is 0 Å². The van der Waals surface area contributed by atoms with Gasteiger partial charge in [0.05, 0.1) is 13.5 Å². The summed E-state index contributed by atoms with van der Waals surface area (Å²) < 4.78 is 4.47. The Labute approximate surface area is 93.9 Å². The standard InChI is InChI=1S/C12H14O4/c1-9(13)12(15,8-11(14)16-2)10-6-4-3-5-7-10/h3-7,15H,8H2,1-2H3. The highest BCUT2D eigenvalue weighted by Gasteiger charge is 2.37. The van der Waals surface area contributed by atoms with Crippen LogP contribution in [0.2, 0.25) is 0 Å². The molecule has 0 saturated heterocycles. The highest BCUT2D eigenvalue weighted by atomic mass is 16.5. The van der Waals surface area contributed by atoms with Gasteiger partial charge in [0.15, 0.2) is 11.4 Å². The Morgan fingerprint density at radius 3 is 2.31 bits per heavy atom. The fourth-order valence-electron chi connectivity index (χ4n) is 1.42. The number of hydrogen-bond acceptors (Lipinski definition) is 4. The maximum absolute atomic E-state index is 11.5. The first-order chi connectivity index (χ1) is 7.50. The van der Waals surface area contributed by atoms with E-state index in [-0.39, 0.29) is 6.42 Å². The van der Waals surface area contributed by atoms with Gasteiger partial charge < -0.3 is 9.84 Å². The van der Waals surface area contributed by atoms with E-state index in [0.717, 1.165) is 0 Å². The van der Waals surface area contributed by atoms with Crippen molar-refractivity contribution < 1.29 is 19.4 Å². The minimum atomic E-state index is -1.80. The van der Waals surface area contributed by atoms with E-state index in [4.69, 9.17) is 0 Å². The number of rotatable bonds is 4. The first-order valence-corrected chi connectivity index (χ1v) is 4.86. The molecule has 0 radical (unpaired) electrons. The van der Waals surface area contributed by atoms with Gasteiger partial charge in [-0.3, -0.25) is 9.59 Å². The Kier molecular flexibility index (Phi) is 3.79. The maximum Gasteiger partial charge on any atom is 0.309 e. The van der Waals surface area contributed by atoms with Crippen molar-refractivity contribution in [3.8, 4) is 0 Å². The van der Waals surface area contributed by atoms with Gasteiger partial charge >= 0.3 is 5.97 Å². The van der Waals surface area contributed by atoms with Crippen LogP contribution in [0, 0.1) is 0 Å². The van der Waals surface area contributed by atoms with Crippen LogP contribution >= 0.6 is 0 Å². The molecule has 0 aromatic heterocycles. The molecule has 0 heterocycles. The third-order valence-corrected chi connectivity index (χ3v) is 2.46. The zero-order valence-electron chi connectivity index (χ0n) is 9.27. The van der Waals surface area contributed by atoms with Gasteiger partial charge in [-0.25, -0.2) is 0 Å². The first-order valence-electron chi connectivity index (χ1n) is 4.86. The third-order valence-electron chi connectivity index (χ3n) is 2.46. The molecule has 1 aromatic carbocycles. The smallest absolute Gasteiger partial charge is 0.309 e. The number of Topliss-reactive ketones (excluding diaryl/α,β-unsaturated/α-hetero) is 1. The van der Waals surface area contributed by atoms with E-state index in [1.807, 2.05) is 0 Å². The molecule has 0 saturated carbocycles. The highest BCUT2D eigenvalue weighted by molar-refractivity contribution is 5.90. The van der Waals surface area contributed by atoms with Gasteiger partial charge in [0, 0.05) is 0 Å². The van der Waals surface area contributed by atoms with Crippen LogP contribution in [-0.2, 0) is 19.9 Å². The van der Waals surface area contributed by atoms with Crippen molar-refractivity contribution in [3.05, 3.63) is 35.9 Å². The summed E-state index contributed by atoms with van der Waals surface area (Å²) in [5.74, 6) is -1.11. The topological polar surface area (TPSA) is 63.6 Å². The number of aliphatic hydroxyl groups is 1. The van der Waals surface area contributed by atoms with Crippen LogP contribution in [0.5, 0.6) is 0 Å². The van der Waals surface area contributed by atoms with E-state index in [2.05, 4.69) is 4.74 Å². The summed E-state index contributed by atoms with van der Waals surface area (Å²) in [6, 6.07) is 8.36. The average molecular weight is 222 g/mol. The quantitative estimate of drug-likeness (QED) is 0.773. The number of carbonyl (C=O) groups excluding carboxylic acids is 2. The Morgan fingerprint density at radius 1 is 1.31 bits per heavy atom. The molecule has 0 aliphatic rings. The molecule has 1 atom stereocenters. The number of esters is 1. The second-order valence-corrected chi connectivity index (χ2v) is 3.54. The lowest BCUT2D eigenvalue weighted by atomic mass is 9.87. The van der Waals surface area contributed by atoms with Crippen molar-refractivity contribution in [2.24, 2.45) is 0 Å². The molecule has 16 heavy (non-hydrogen) atoms. The van der Waals surface area contributed by atoms with Crippen molar-refractivity contribution in [1.29, 1.82) is 0 Å². The van der Waals surface area contributed by atoms with Gasteiger partial charge in [-0.15, -0.1) is 0 Å². The van der Waals surface area contributed by atoms with Crippen LogP contribution in [0.15, 0.2) is 30.3 Å². The highest BCUT2D eigenvalue weighted by Crippen LogP contribution is 2.26. The molecule has 4 nitrogen and oxygen atoms in total. The minimum absolute atomic E-state index is 0.372. The van der Waals surface area contributed by atoms with Crippen LogP contribution in [0.1, 0.15) is 18.9 Å². The molecule has 1 unspecified atom stereocenters. The number of carbonyl (C=O) groups is 2. The second kappa shape index (κ2) is 4.90. The number of ketones is 1. The van der Waals surface area contributed by atoms with Crippen molar-refractivity contribution in [2.75, 3.05) is 7.11 Å². The van der Waals surface area contributed by atoms with Crippen molar-refractivity contribution >= 4 is 11.8 Å². The monoisotopic (exact) mass is 222 g/mol. The van der Waals surface area contributed by atoms with Gasteiger partial charge in [-0.1, -0.05) is 30.3 Å². The van der Waals surface area contributed by atoms with E-state index in [9.17, 15) is 14.7 Å². The van der Waals surface area contributed by atoms with Gasteiger partial charge in [0.1, 0.15) is 0 Å². The molecule has 1 rings (SSSR count). The normalized spacial score (nSPS) is 13.9. The molecule has 0 spiro atoms. The molecule has 4 heteroatoms. The number of ether oxygens (including phenoxy) is 1. The van der Waals surface area contributed by atoms with E-state index in [1.54, 1.807) is 30.3 Å². The van der Waals surface area contributed by atoms with Crippen molar-refractivity contribution in [2.45, 2.75) is 18.9 Å². The zero-order chi connectivity index (χ0) is 12.2. The Bertz CT molecular complexity index is 385. The van der Waals surface area contributed by atoms with E-state index in [1.165, 1.54) is 14.0 Å². The molecular weight excluding hydrogens is 208 g/mol. The predicted molar refractivity (Wildman–Crippen MR) is 57.7 cm³/mol. The van der Waals surface area contributed by atoms with Crippen LogP contribution in [0.25, 0.3) is 0 Å². The zero-order valence-corrected chi connectivity index (χ0v) is 9.27. The molecule has 0 amide bonds. The molecule has 1 N–H and O–H groups in total. The summed E-state index contributed by atoms with van der Waals surface area (Å²) in [6.07, 6.45) is -0.372. The number of methoxy groups -OCH3 is 1. The van der Waals surface area contributed by atoms with E-state index < -0.39 is 17.4 Å². The number of benzene rings is 1. The molecule has 86 valence electrons. The summed E-state index contributed by atoms with van der Waals surface area (Å²) in [7, 11) is 1.22. The molecule has 0 fully saturated rings. The summed E-state index contributed by atoms with van der Waals surface area (Å²) in [4.78, 5) is 22.6. The fraction of sp³-hybridized carbons (Fsp3) is 0.333. The molecule has 0 aliphatic heterocycles. The lowest BCUT2D eigenvalue weighted by Crippen LogP contribution is -2.36. The minimum Gasteiger partial charge on any atom is -0.469 e. The van der Waals surface area contributed by atoms with Crippen LogP contribution < -0.4 is 0 Å². The van der Waals surface area contributed by atoms with E-state index >= 15 is 0 Å². The second-order valence-electron chi connectivity index (χ2n) is 3.54. The lowest BCUT2D eigenvalue weighted by Gasteiger charge is -2.24. The molecular formula is C12H14O4. The van der Waals surface area contributed by atoms with Crippen molar-refractivity contribution in [3.63, 3.8) is 0 Å².